The lowest BCUT2D eigenvalue weighted by Gasteiger charge is -1.99. The fraction of sp³-hybridized carbons (Fsp3) is 0.308. The minimum atomic E-state index is -0.464. The number of likely N-dealkylation sites (N-methyl/N-ethyl adjacent to an activating group) is 1. The number of halogens is 2. The molecule has 0 aliphatic heterocycles. The molecule has 2 rings (SSSR count). The summed E-state index contributed by atoms with van der Waals surface area (Å²) in [5.41, 5.74) is 0.655. The molecule has 0 bridgehead atoms. The van der Waals surface area contributed by atoms with Crippen LogP contribution in [0.25, 0.3) is 11.3 Å². The summed E-state index contributed by atoms with van der Waals surface area (Å²) in [6.45, 7) is 0.788. The van der Waals surface area contributed by atoms with E-state index in [-0.39, 0.29) is 5.56 Å². The van der Waals surface area contributed by atoms with Crippen molar-refractivity contribution < 1.29 is 8.78 Å². The summed E-state index contributed by atoms with van der Waals surface area (Å²) in [5, 5.41) is 3.03. The maximum Gasteiger partial charge on any atom is 0.132 e. The molecule has 0 aliphatic rings. The third kappa shape index (κ3) is 2.56. The first-order chi connectivity index (χ1) is 8.61. The van der Waals surface area contributed by atoms with Crippen molar-refractivity contribution in [2.75, 3.05) is 13.6 Å². The lowest BCUT2D eigenvalue weighted by atomic mass is 10.1. The molecule has 1 heterocycles. The second-order valence-electron chi connectivity index (χ2n) is 4.13. The molecule has 96 valence electrons. The first-order valence-electron chi connectivity index (χ1n) is 5.74. The number of rotatable bonds is 4. The monoisotopic (exact) mass is 251 g/mol. The van der Waals surface area contributed by atoms with E-state index in [2.05, 4.69) is 10.3 Å². The van der Waals surface area contributed by atoms with E-state index in [1.54, 1.807) is 6.20 Å². The van der Waals surface area contributed by atoms with E-state index in [1.165, 1.54) is 6.07 Å². The van der Waals surface area contributed by atoms with Gasteiger partial charge in [0.15, 0.2) is 0 Å². The van der Waals surface area contributed by atoms with Gasteiger partial charge in [0.25, 0.3) is 0 Å². The molecule has 2 aromatic rings. The van der Waals surface area contributed by atoms with Crippen molar-refractivity contribution >= 4 is 0 Å². The molecule has 1 aromatic carbocycles. The van der Waals surface area contributed by atoms with Crippen molar-refractivity contribution in [3.8, 4) is 11.3 Å². The van der Waals surface area contributed by atoms with E-state index in [0.717, 1.165) is 30.9 Å². The number of nitrogens with zero attached hydrogens (tertiary/aromatic N) is 2. The Bertz CT molecular complexity index is 549. The lowest BCUT2D eigenvalue weighted by molar-refractivity contribution is 0.602. The number of hydrogen-bond donors (Lipinski definition) is 1. The minimum absolute atomic E-state index is 0.196. The van der Waals surface area contributed by atoms with Gasteiger partial charge in [0.2, 0.25) is 0 Å². The first kappa shape index (κ1) is 12.7. The van der Waals surface area contributed by atoms with E-state index >= 15 is 0 Å². The Morgan fingerprint density at radius 3 is 2.83 bits per heavy atom. The Morgan fingerprint density at radius 2 is 2.11 bits per heavy atom. The molecule has 1 aromatic heterocycles. The van der Waals surface area contributed by atoms with E-state index in [1.807, 2.05) is 18.7 Å². The fourth-order valence-corrected chi connectivity index (χ4v) is 1.80. The van der Waals surface area contributed by atoms with Gasteiger partial charge in [-0.15, -0.1) is 0 Å². The molecule has 0 fully saturated rings. The smallest absolute Gasteiger partial charge is 0.132 e. The lowest BCUT2D eigenvalue weighted by Crippen LogP contribution is -2.12. The van der Waals surface area contributed by atoms with Gasteiger partial charge in [-0.2, -0.15) is 0 Å². The van der Waals surface area contributed by atoms with Gasteiger partial charge in [0.1, 0.15) is 17.5 Å². The molecular weight excluding hydrogens is 236 g/mol. The molecule has 0 aliphatic carbocycles. The first-order valence-corrected chi connectivity index (χ1v) is 5.74. The summed E-state index contributed by atoms with van der Waals surface area (Å²) < 4.78 is 28.6. The highest BCUT2D eigenvalue weighted by atomic mass is 19.1. The molecule has 0 amide bonds. The number of hydrogen-bond acceptors (Lipinski definition) is 2. The molecule has 0 atom stereocenters. The van der Waals surface area contributed by atoms with Crippen LogP contribution in [0.2, 0.25) is 0 Å². The molecule has 3 nitrogen and oxygen atoms in total. The zero-order chi connectivity index (χ0) is 13.1. The summed E-state index contributed by atoms with van der Waals surface area (Å²) in [6.07, 6.45) is 2.45. The van der Waals surface area contributed by atoms with Crippen molar-refractivity contribution in [3.63, 3.8) is 0 Å². The molecule has 0 saturated carbocycles. The molecule has 0 radical (unpaired) electrons. The number of aromatic nitrogens is 2. The molecule has 18 heavy (non-hydrogen) atoms. The second kappa shape index (κ2) is 5.27. The summed E-state index contributed by atoms with van der Waals surface area (Å²) in [7, 11) is 3.70. The molecular formula is C13H15F2N3. The van der Waals surface area contributed by atoms with Crippen molar-refractivity contribution in [2.45, 2.75) is 6.42 Å². The minimum Gasteiger partial charge on any atom is -0.337 e. The van der Waals surface area contributed by atoms with Gasteiger partial charge in [0, 0.05) is 31.8 Å². The summed E-state index contributed by atoms with van der Waals surface area (Å²) in [5.74, 6) is -0.0912. The van der Waals surface area contributed by atoms with Gasteiger partial charge in [-0.25, -0.2) is 13.8 Å². The highest BCUT2D eigenvalue weighted by Gasteiger charge is 2.12. The number of aryl methyl sites for hydroxylation is 1. The SMILES string of the molecule is CNCCc1nc(-c2cc(F)ccc2F)cn1C. The maximum absolute atomic E-state index is 13.6. The predicted molar refractivity (Wildman–Crippen MR) is 66.2 cm³/mol. The van der Waals surface area contributed by atoms with Crippen LogP contribution in [0.4, 0.5) is 8.78 Å². The molecule has 5 heteroatoms. The Kier molecular flexibility index (Phi) is 3.72. The average molecular weight is 251 g/mol. The standard InChI is InChI=1S/C13H15F2N3/c1-16-6-5-13-17-12(8-18(13)2)10-7-9(14)3-4-11(10)15/h3-4,7-8,16H,5-6H2,1-2H3. The number of nitrogens with one attached hydrogen (secondary N) is 1. The Morgan fingerprint density at radius 1 is 1.33 bits per heavy atom. The van der Waals surface area contributed by atoms with Crippen LogP contribution in [-0.4, -0.2) is 23.1 Å². The van der Waals surface area contributed by atoms with Crippen LogP contribution in [0.3, 0.4) is 0 Å². The fourth-order valence-electron chi connectivity index (χ4n) is 1.80. The summed E-state index contributed by atoms with van der Waals surface area (Å²) in [6, 6.07) is 3.38. The van der Waals surface area contributed by atoms with Crippen molar-refractivity contribution in [2.24, 2.45) is 7.05 Å². The van der Waals surface area contributed by atoms with Crippen molar-refractivity contribution in [1.29, 1.82) is 0 Å². The highest BCUT2D eigenvalue weighted by molar-refractivity contribution is 5.59. The van der Waals surface area contributed by atoms with Crippen LogP contribution in [0, 0.1) is 11.6 Å². The Balaban J connectivity index is 2.36. The Labute approximate surface area is 104 Å². The zero-order valence-electron chi connectivity index (χ0n) is 10.4. The van der Waals surface area contributed by atoms with E-state index in [9.17, 15) is 8.78 Å². The largest absolute Gasteiger partial charge is 0.337 e. The van der Waals surface area contributed by atoms with Gasteiger partial charge in [-0.3, -0.25) is 0 Å². The van der Waals surface area contributed by atoms with Crippen LogP contribution in [0.5, 0.6) is 0 Å². The summed E-state index contributed by atoms with van der Waals surface area (Å²) >= 11 is 0. The van der Waals surface area contributed by atoms with Crippen LogP contribution in [-0.2, 0) is 13.5 Å². The van der Waals surface area contributed by atoms with Crippen LogP contribution in [0.15, 0.2) is 24.4 Å². The highest BCUT2D eigenvalue weighted by Crippen LogP contribution is 2.22. The number of benzene rings is 1. The van der Waals surface area contributed by atoms with Gasteiger partial charge < -0.3 is 9.88 Å². The molecule has 1 N–H and O–H groups in total. The van der Waals surface area contributed by atoms with Crippen LogP contribution < -0.4 is 5.32 Å². The average Bonchev–Trinajstić information content (AvgIpc) is 2.71. The predicted octanol–water partition coefficient (Wildman–Crippen LogP) is 2.13. The quantitative estimate of drug-likeness (QED) is 0.902. The van der Waals surface area contributed by atoms with Crippen LogP contribution in [0.1, 0.15) is 5.82 Å². The topological polar surface area (TPSA) is 29.9 Å². The number of imidazole rings is 1. The maximum atomic E-state index is 13.6. The third-order valence-corrected chi connectivity index (χ3v) is 2.78. The van der Waals surface area contributed by atoms with E-state index in [0.29, 0.717) is 5.69 Å². The van der Waals surface area contributed by atoms with Gasteiger partial charge in [0.05, 0.1) is 5.69 Å². The normalized spacial score (nSPS) is 10.9. The molecule has 0 spiro atoms. The molecule has 0 unspecified atom stereocenters. The van der Waals surface area contributed by atoms with E-state index in [4.69, 9.17) is 0 Å². The Hall–Kier alpha value is -1.75. The van der Waals surface area contributed by atoms with Gasteiger partial charge in [-0.1, -0.05) is 0 Å². The van der Waals surface area contributed by atoms with E-state index < -0.39 is 11.6 Å². The van der Waals surface area contributed by atoms with Crippen molar-refractivity contribution in [3.05, 3.63) is 41.9 Å². The van der Waals surface area contributed by atoms with Gasteiger partial charge in [-0.05, 0) is 25.2 Å². The molecule has 0 saturated heterocycles. The van der Waals surface area contributed by atoms with Crippen LogP contribution >= 0.6 is 0 Å². The second-order valence-corrected chi connectivity index (χ2v) is 4.13. The summed E-state index contributed by atoms with van der Waals surface area (Å²) in [4.78, 5) is 4.34. The van der Waals surface area contributed by atoms with Crippen molar-refractivity contribution in [1.82, 2.24) is 14.9 Å². The van der Waals surface area contributed by atoms with Gasteiger partial charge >= 0.3 is 0 Å². The zero-order valence-corrected chi connectivity index (χ0v) is 10.4. The third-order valence-electron chi connectivity index (χ3n) is 2.78.